The van der Waals surface area contributed by atoms with Gasteiger partial charge < -0.3 is 10.2 Å². The second-order valence-corrected chi connectivity index (χ2v) is 5.44. The molecule has 1 fully saturated rings. The molecule has 1 unspecified atom stereocenters. The van der Waals surface area contributed by atoms with Crippen molar-refractivity contribution in [3.8, 4) is 6.07 Å². The van der Waals surface area contributed by atoms with Gasteiger partial charge in [-0.25, -0.2) is 4.98 Å². The molecule has 1 aromatic carbocycles. The first-order valence-electron chi connectivity index (χ1n) is 6.87. The number of rotatable bonds is 3. The molecule has 0 radical (unpaired) electrons. The molecule has 5 nitrogen and oxygen atoms in total. The van der Waals surface area contributed by atoms with Gasteiger partial charge in [-0.1, -0.05) is 17.7 Å². The zero-order chi connectivity index (χ0) is 15.5. The maximum atomic E-state index is 12.5. The van der Waals surface area contributed by atoms with E-state index < -0.39 is 0 Å². The molecule has 0 aliphatic carbocycles. The number of carbonyl (C=O) groups is 1. The fourth-order valence-electron chi connectivity index (χ4n) is 2.44. The summed E-state index contributed by atoms with van der Waals surface area (Å²) < 4.78 is 0. The van der Waals surface area contributed by atoms with Crippen molar-refractivity contribution < 1.29 is 4.79 Å². The number of carbonyl (C=O) groups excluding carboxylic acids is 1. The number of anilines is 2. The summed E-state index contributed by atoms with van der Waals surface area (Å²) in [5.74, 6) is 0.582. The van der Waals surface area contributed by atoms with Gasteiger partial charge in [0.1, 0.15) is 17.9 Å². The number of nitriles is 1. The van der Waals surface area contributed by atoms with Crippen molar-refractivity contribution in [2.45, 2.75) is 12.5 Å². The third-order valence-corrected chi connectivity index (χ3v) is 3.78. The van der Waals surface area contributed by atoms with Crippen LogP contribution in [0.15, 0.2) is 42.6 Å². The largest absolute Gasteiger partial charge is 0.358 e. The molecule has 3 rings (SSSR count). The van der Waals surface area contributed by atoms with Crippen LogP contribution in [0.2, 0.25) is 5.02 Å². The van der Waals surface area contributed by atoms with Crippen LogP contribution in [0.4, 0.5) is 11.5 Å². The number of nitrogens with one attached hydrogen (secondary N) is 1. The van der Waals surface area contributed by atoms with Gasteiger partial charge >= 0.3 is 0 Å². The van der Waals surface area contributed by atoms with Crippen LogP contribution in [-0.2, 0) is 4.79 Å². The van der Waals surface area contributed by atoms with E-state index >= 15 is 0 Å². The van der Waals surface area contributed by atoms with Crippen LogP contribution in [0, 0.1) is 11.3 Å². The van der Waals surface area contributed by atoms with E-state index in [0.29, 0.717) is 29.4 Å². The summed E-state index contributed by atoms with van der Waals surface area (Å²) in [7, 11) is 0. The van der Waals surface area contributed by atoms with Crippen LogP contribution in [0.5, 0.6) is 0 Å². The highest BCUT2D eigenvalue weighted by molar-refractivity contribution is 6.31. The molecule has 22 heavy (non-hydrogen) atoms. The molecule has 110 valence electrons. The van der Waals surface area contributed by atoms with E-state index in [9.17, 15) is 4.79 Å². The molecular formula is C16H13ClN4O. The summed E-state index contributed by atoms with van der Waals surface area (Å²) in [6.07, 6.45) is 2.17. The molecule has 0 bridgehead atoms. The Hall–Kier alpha value is -2.58. The maximum absolute atomic E-state index is 12.5. The van der Waals surface area contributed by atoms with E-state index in [4.69, 9.17) is 16.9 Å². The van der Waals surface area contributed by atoms with Crippen molar-refractivity contribution in [2.75, 3.05) is 16.8 Å². The Labute approximate surface area is 133 Å². The Kier molecular flexibility index (Phi) is 3.94. The van der Waals surface area contributed by atoms with Gasteiger partial charge in [0.15, 0.2) is 0 Å². The molecule has 1 saturated heterocycles. The van der Waals surface area contributed by atoms with Gasteiger partial charge in [-0.05, 0) is 36.8 Å². The summed E-state index contributed by atoms with van der Waals surface area (Å²) in [6, 6.07) is 12.3. The number of nitrogens with zero attached hydrogens (tertiary/aromatic N) is 3. The van der Waals surface area contributed by atoms with E-state index in [0.717, 1.165) is 5.69 Å². The SMILES string of the molecule is N#Cc1ccc(NC2CCN(c3cccc(Cl)c3)C2=O)nc1. The Bertz CT molecular complexity index is 739. The molecule has 0 saturated carbocycles. The molecule has 0 spiro atoms. The Morgan fingerprint density at radius 1 is 1.36 bits per heavy atom. The molecule has 1 aliphatic rings. The average molecular weight is 313 g/mol. The zero-order valence-corrected chi connectivity index (χ0v) is 12.4. The zero-order valence-electron chi connectivity index (χ0n) is 11.7. The van der Waals surface area contributed by atoms with Gasteiger partial charge in [0, 0.05) is 23.5 Å². The number of amides is 1. The first-order valence-corrected chi connectivity index (χ1v) is 7.25. The highest BCUT2D eigenvalue weighted by Gasteiger charge is 2.32. The number of aromatic nitrogens is 1. The van der Waals surface area contributed by atoms with E-state index in [1.54, 1.807) is 29.2 Å². The standard InChI is InChI=1S/C16H13ClN4O/c17-12-2-1-3-13(8-12)21-7-6-14(16(21)22)20-15-5-4-11(9-18)10-19-15/h1-5,8,10,14H,6-7H2,(H,19,20). The second-order valence-electron chi connectivity index (χ2n) is 5.00. The predicted octanol–water partition coefficient (Wildman–Crippen LogP) is 2.82. The van der Waals surface area contributed by atoms with Crippen molar-refractivity contribution in [1.29, 1.82) is 5.26 Å². The topological polar surface area (TPSA) is 69.0 Å². The van der Waals surface area contributed by atoms with Gasteiger partial charge in [0.05, 0.1) is 5.56 Å². The highest BCUT2D eigenvalue weighted by atomic mass is 35.5. The van der Waals surface area contributed by atoms with Crippen molar-refractivity contribution in [2.24, 2.45) is 0 Å². The van der Waals surface area contributed by atoms with Crippen molar-refractivity contribution in [3.05, 3.63) is 53.2 Å². The lowest BCUT2D eigenvalue weighted by Crippen LogP contribution is -2.33. The van der Waals surface area contributed by atoms with Crippen LogP contribution in [0.25, 0.3) is 0 Å². The predicted molar refractivity (Wildman–Crippen MR) is 84.8 cm³/mol. The number of halogens is 1. The fourth-order valence-corrected chi connectivity index (χ4v) is 2.62. The van der Waals surface area contributed by atoms with Gasteiger partial charge in [0.25, 0.3) is 0 Å². The Balaban J connectivity index is 1.72. The second kappa shape index (κ2) is 6.04. The average Bonchev–Trinajstić information content (AvgIpc) is 2.89. The first kappa shape index (κ1) is 14.4. The van der Waals surface area contributed by atoms with E-state index in [-0.39, 0.29) is 11.9 Å². The summed E-state index contributed by atoms with van der Waals surface area (Å²) in [6.45, 7) is 0.632. The molecule has 1 atom stereocenters. The minimum atomic E-state index is -0.320. The molecule has 2 aromatic rings. The number of hydrogen-bond acceptors (Lipinski definition) is 4. The van der Waals surface area contributed by atoms with Crippen molar-refractivity contribution in [3.63, 3.8) is 0 Å². The van der Waals surface area contributed by atoms with E-state index in [1.165, 1.54) is 6.20 Å². The first-order chi connectivity index (χ1) is 10.7. The third kappa shape index (κ3) is 2.87. The molecular weight excluding hydrogens is 300 g/mol. The van der Waals surface area contributed by atoms with Gasteiger partial charge in [0.2, 0.25) is 5.91 Å². The number of pyridine rings is 1. The minimum absolute atomic E-state index is 0.00609. The molecule has 1 amide bonds. The smallest absolute Gasteiger partial charge is 0.249 e. The summed E-state index contributed by atoms with van der Waals surface area (Å²) >= 11 is 5.98. The molecule has 1 aliphatic heterocycles. The Morgan fingerprint density at radius 2 is 2.23 bits per heavy atom. The van der Waals surface area contributed by atoms with Crippen LogP contribution < -0.4 is 10.2 Å². The lowest BCUT2D eigenvalue weighted by molar-refractivity contribution is -0.117. The molecule has 6 heteroatoms. The van der Waals surface area contributed by atoms with Crippen molar-refractivity contribution in [1.82, 2.24) is 4.98 Å². The minimum Gasteiger partial charge on any atom is -0.358 e. The van der Waals surface area contributed by atoms with Gasteiger partial charge in [-0.15, -0.1) is 0 Å². The Morgan fingerprint density at radius 3 is 2.91 bits per heavy atom. The van der Waals surface area contributed by atoms with Crippen LogP contribution in [0.3, 0.4) is 0 Å². The molecule has 2 heterocycles. The summed E-state index contributed by atoms with van der Waals surface area (Å²) in [5.41, 5.74) is 1.29. The lowest BCUT2D eigenvalue weighted by atomic mass is 10.2. The lowest BCUT2D eigenvalue weighted by Gasteiger charge is -2.17. The van der Waals surface area contributed by atoms with Crippen LogP contribution >= 0.6 is 11.6 Å². The summed E-state index contributed by atoms with van der Waals surface area (Å²) in [4.78, 5) is 18.3. The van der Waals surface area contributed by atoms with E-state index in [1.807, 2.05) is 18.2 Å². The van der Waals surface area contributed by atoms with Crippen LogP contribution in [0.1, 0.15) is 12.0 Å². The number of hydrogen-bond donors (Lipinski definition) is 1. The maximum Gasteiger partial charge on any atom is 0.249 e. The van der Waals surface area contributed by atoms with Crippen molar-refractivity contribution >= 4 is 29.0 Å². The monoisotopic (exact) mass is 312 g/mol. The normalized spacial score (nSPS) is 17.4. The quantitative estimate of drug-likeness (QED) is 0.946. The molecule has 1 N–H and O–H groups in total. The number of benzene rings is 1. The molecule has 1 aromatic heterocycles. The van der Waals surface area contributed by atoms with Crippen LogP contribution in [-0.4, -0.2) is 23.5 Å². The third-order valence-electron chi connectivity index (χ3n) is 3.54. The summed E-state index contributed by atoms with van der Waals surface area (Å²) in [5, 5.41) is 12.5. The van der Waals surface area contributed by atoms with Gasteiger partial charge in [-0.2, -0.15) is 5.26 Å². The fraction of sp³-hybridized carbons (Fsp3) is 0.188. The van der Waals surface area contributed by atoms with Gasteiger partial charge in [-0.3, -0.25) is 4.79 Å². The highest BCUT2D eigenvalue weighted by Crippen LogP contribution is 2.25. The van der Waals surface area contributed by atoms with E-state index in [2.05, 4.69) is 10.3 Å².